The molecule has 19 heavy (non-hydrogen) atoms. The van der Waals surface area contributed by atoms with Gasteiger partial charge in [0, 0.05) is 0 Å². The summed E-state index contributed by atoms with van der Waals surface area (Å²) in [6.07, 6.45) is 7.16. The molecule has 104 valence electrons. The summed E-state index contributed by atoms with van der Waals surface area (Å²) in [6, 6.07) is 9.91. The summed E-state index contributed by atoms with van der Waals surface area (Å²) in [4.78, 5) is 12.2. The van der Waals surface area contributed by atoms with E-state index in [9.17, 15) is 4.79 Å². The summed E-state index contributed by atoms with van der Waals surface area (Å²) >= 11 is 0. The summed E-state index contributed by atoms with van der Waals surface area (Å²) < 4.78 is 5.50. The number of hydrogen-bond donors (Lipinski definition) is 0. The fourth-order valence-corrected chi connectivity index (χ4v) is 3.06. The highest BCUT2D eigenvalue weighted by molar-refractivity contribution is 5.72. The van der Waals surface area contributed by atoms with Crippen LogP contribution in [0.15, 0.2) is 30.3 Å². The van der Waals surface area contributed by atoms with Gasteiger partial charge in [-0.3, -0.25) is 4.79 Å². The minimum absolute atomic E-state index is 0.00162. The molecule has 0 bridgehead atoms. The molecule has 0 spiro atoms. The number of carbonyl (C=O) groups is 1. The van der Waals surface area contributed by atoms with Gasteiger partial charge in [0.25, 0.3) is 0 Å². The van der Waals surface area contributed by atoms with Crippen LogP contribution in [0, 0.1) is 11.8 Å². The predicted octanol–water partition coefficient (Wildman–Crippen LogP) is 4.34. The average molecular weight is 260 g/mol. The Balaban J connectivity index is 1.86. The smallest absolute Gasteiger partial charge is 0.309 e. The third kappa shape index (κ3) is 4.09. The Morgan fingerprint density at radius 3 is 2.53 bits per heavy atom. The molecule has 0 heterocycles. The monoisotopic (exact) mass is 260 g/mol. The van der Waals surface area contributed by atoms with Gasteiger partial charge in [-0.25, -0.2) is 0 Å². The van der Waals surface area contributed by atoms with Gasteiger partial charge in [0.05, 0.1) is 5.92 Å². The molecule has 1 aromatic carbocycles. The van der Waals surface area contributed by atoms with Crippen molar-refractivity contribution in [3.8, 4) is 0 Å². The predicted molar refractivity (Wildman–Crippen MR) is 76.6 cm³/mol. The summed E-state index contributed by atoms with van der Waals surface area (Å²) in [5, 5.41) is 0. The minimum Gasteiger partial charge on any atom is -0.461 e. The van der Waals surface area contributed by atoms with Crippen LogP contribution in [0.4, 0.5) is 0 Å². The van der Waals surface area contributed by atoms with Crippen molar-refractivity contribution in [1.82, 2.24) is 0 Å². The zero-order valence-electron chi connectivity index (χ0n) is 11.8. The van der Waals surface area contributed by atoms with Gasteiger partial charge < -0.3 is 4.74 Å². The van der Waals surface area contributed by atoms with Crippen molar-refractivity contribution in [1.29, 1.82) is 0 Å². The van der Waals surface area contributed by atoms with Gasteiger partial charge in [-0.15, -0.1) is 0 Å². The zero-order chi connectivity index (χ0) is 13.5. The molecule has 0 unspecified atom stereocenters. The molecule has 0 aromatic heterocycles. The molecule has 2 rings (SSSR count). The van der Waals surface area contributed by atoms with Crippen molar-refractivity contribution in [2.75, 3.05) is 0 Å². The maximum absolute atomic E-state index is 12.2. The van der Waals surface area contributed by atoms with Gasteiger partial charge in [-0.1, -0.05) is 56.5 Å². The molecule has 1 aromatic rings. The van der Waals surface area contributed by atoms with Crippen molar-refractivity contribution in [3.05, 3.63) is 35.9 Å². The molecule has 0 saturated heterocycles. The Labute approximate surface area is 116 Å². The van der Waals surface area contributed by atoms with E-state index in [0.29, 0.717) is 12.5 Å². The molecule has 1 fully saturated rings. The Hall–Kier alpha value is -1.31. The molecule has 1 aliphatic rings. The van der Waals surface area contributed by atoms with Crippen LogP contribution in [0.2, 0.25) is 0 Å². The van der Waals surface area contributed by atoms with Gasteiger partial charge in [-0.2, -0.15) is 0 Å². The summed E-state index contributed by atoms with van der Waals surface area (Å²) in [5.41, 5.74) is 1.06. The molecule has 0 aliphatic heterocycles. The molecule has 0 radical (unpaired) electrons. The minimum atomic E-state index is -0.00162. The van der Waals surface area contributed by atoms with Gasteiger partial charge >= 0.3 is 5.97 Å². The average Bonchev–Trinajstić information content (AvgIpc) is 2.48. The zero-order valence-corrected chi connectivity index (χ0v) is 11.8. The number of carbonyl (C=O) groups excluding carboxylic acids is 1. The highest BCUT2D eigenvalue weighted by Gasteiger charge is 2.29. The summed E-state index contributed by atoms with van der Waals surface area (Å²) in [6.45, 7) is 2.51. The molecule has 2 heteroatoms. The lowest BCUT2D eigenvalue weighted by molar-refractivity contribution is -0.152. The quantitative estimate of drug-likeness (QED) is 0.736. The van der Waals surface area contributed by atoms with Gasteiger partial charge in [0.1, 0.15) is 6.61 Å². The maximum Gasteiger partial charge on any atom is 0.309 e. The van der Waals surface area contributed by atoms with E-state index >= 15 is 0 Å². The van der Waals surface area contributed by atoms with Crippen LogP contribution < -0.4 is 0 Å². The first-order valence-corrected chi connectivity index (χ1v) is 7.52. The number of hydrogen-bond acceptors (Lipinski definition) is 2. The molecule has 1 aliphatic carbocycles. The first-order valence-electron chi connectivity index (χ1n) is 7.52. The van der Waals surface area contributed by atoms with Crippen LogP contribution >= 0.6 is 0 Å². The topological polar surface area (TPSA) is 26.3 Å². The van der Waals surface area contributed by atoms with Crippen molar-refractivity contribution in [3.63, 3.8) is 0 Å². The Bertz CT molecular complexity index is 380. The lowest BCUT2D eigenvalue weighted by Crippen LogP contribution is -2.27. The van der Waals surface area contributed by atoms with Crippen LogP contribution in [0.25, 0.3) is 0 Å². The fraction of sp³-hybridized carbons (Fsp3) is 0.588. The fourth-order valence-electron chi connectivity index (χ4n) is 3.06. The lowest BCUT2D eigenvalue weighted by atomic mass is 9.79. The van der Waals surface area contributed by atoms with E-state index in [1.807, 2.05) is 30.3 Å². The van der Waals surface area contributed by atoms with Crippen LogP contribution in [-0.4, -0.2) is 5.97 Å². The molecular weight excluding hydrogens is 236 g/mol. The van der Waals surface area contributed by atoms with Gasteiger partial charge in [0.2, 0.25) is 0 Å². The molecule has 1 saturated carbocycles. The first kappa shape index (κ1) is 14.1. The number of benzene rings is 1. The third-order valence-electron chi connectivity index (χ3n) is 4.19. The van der Waals surface area contributed by atoms with E-state index in [-0.39, 0.29) is 11.9 Å². The van der Waals surface area contributed by atoms with Crippen LogP contribution in [0.5, 0.6) is 0 Å². The van der Waals surface area contributed by atoms with E-state index in [0.717, 1.165) is 12.0 Å². The highest BCUT2D eigenvalue weighted by Crippen LogP contribution is 2.32. The molecular formula is C17H24O2. The van der Waals surface area contributed by atoms with Crippen molar-refractivity contribution >= 4 is 5.97 Å². The van der Waals surface area contributed by atoms with E-state index in [4.69, 9.17) is 4.74 Å². The van der Waals surface area contributed by atoms with E-state index in [2.05, 4.69) is 6.92 Å². The Morgan fingerprint density at radius 1 is 1.21 bits per heavy atom. The highest BCUT2D eigenvalue weighted by atomic mass is 16.5. The molecule has 0 amide bonds. The largest absolute Gasteiger partial charge is 0.461 e. The third-order valence-corrected chi connectivity index (χ3v) is 4.19. The van der Waals surface area contributed by atoms with Gasteiger partial charge in [0.15, 0.2) is 0 Å². The molecule has 0 N–H and O–H groups in total. The van der Waals surface area contributed by atoms with Crippen LogP contribution in [-0.2, 0) is 16.1 Å². The molecule has 1 atom stereocenters. The van der Waals surface area contributed by atoms with Crippen LogP contribution in [0.1, 0.15) is 51.0 Å². The summed E-state index contributed by atoms with van der Waals surface area (Å²) in [5.74, 6) is 0.643. The normalized spacial score (nSPS) is 17.9. The van der Waals surface area contributed by atoms with Gasteiger partial charge in [-0.05, 0) is 30.7 Å². The standard InChI is InChI=1S/C17H24O2/c1-2-16(15-11-7-4-8-12-15)17(18)19-13-14-9-5-3-6-10-14/h3,5-6,9-10,15-16H,2,4,7-8,11-13H2,1H3/t16-/m0/s1. The number of esters is 1. The second-order valence-corrected chi connectivity index (χ2v) is 5.51. The number of ether oxygens (including phenoxy) is 1. The van der Waals surface area contributed by atoms with Crippen molar-refractivity contribution < 1.29 is 9.53 Å². The second kappa shape index (κ2) is 7.32. The second-order valence-electron chi connectivity index (χ2n) is 5.51. The van der Waals surface area contributed by atoms with E-state index in [1.165, 1.54) is 32.1 Å². The summed E-state index contributed by atoms with van der Waals surface area (Å²) in [7, 11) is 0. The Kier molecular flexibility index (Phi) is 5.44. The van der Waals surface area contributed by atoms with Crippen molar-refractivity contribution in [2.45, 2.75) is 52.1 Å². The molecule has 2 nitrogen and oxygen atoms in total. The van der Waals surface area contributed by atoms with E-state index in [1.54, 1.807) is 0 Å². The van der Waals surface area contributed by atoms with Crippen molar-refractivity contribution in [2.24, 2.45) is 11.8 Å². The Morgan fingerprint density at radius 2 is 1.89 bits per heavy atom. The van der Waals surface area contributed by atoms with E-state index < -0.39 is 0 Å². The number of rotatable bonds is 5. The maximum atomic E-state index is 12.2. The first-order chi connectivity index (χ1) is 9.31. The van der Waals surface area contributed by atoms with Crippen LogP contribution in [0.3, 0.4) is 0 Å². The lowest BCUT2D eigenvalue weighted by Gasteiger charge is -2.28. The SMILES string of the molecule is CC[C@H](C(=O)OCc1ccccc1)C1CCCCC1.